The van der Waals surface area contributed by atoms with E-state index in [2.05, 4.69) is 9.82 Å². The number of rotatable bonds is 6. The number of carbonyl (C=O) groups excluding carboxylic acids is 1. The number of sulfonamides is 1. The highest BCUT2D eigenvalue weighted by Gasteiger charge is 2.36. The lowest BCUT2D eigenvalue weighted by Crippen LogP contribution is -2.30. The van der Waals surface area contributed by atoms with Gasteiger partial charge in [-0.2, -0.15) is 5.10 Å². The Balaban J connectivity index is 1.71. The van der Waals surface area contributed by atoms with Crippen LogP contribution in [0.2, 0.25) is 0 Å². The van der Waals surface area contributed by atoms with Crippen LogP contribution in [-0.4, -0.2) is 25.0 Å². The molecule has 32 heavy (non-hydrogen) atoms. The van der Waals surface area contributed by atoms with E-state index in [4.69, 9.17) is 4.42 Å². The van der Waals surface area contributed by atoms with Crippen molar-refractivity contribution in [3.63, 3.8) is 0 Å². The molecule has 1 atom stereocenters. The molecule has 166 valence electrons. The quantitative estimate of drug-likeness (QED) is 0.587. The summed E-state index contributed by atoms with van der Waals surface area (Å²) in [5, 5.41) is 6.07. The number of furan rings is 1. The van der Waals surface area contributed by atoms with E-state index < -0.39 is 10.0 Å². The smallest absolute Gasteiger partial charge is 0.261 e. The number of benzene rings is 2. The first kappa shape index (κ1) is 21.8. The van der Waals surface area contributed by atoms with Crippen LogP contribution in [0, 0.1) is 12.8 Å². The third kappa shape index (κ3) is 4.31. The number of aryl methyl sites for hydroxylation is 1. The summed E-state index contributed by atoms with van der Waals surface area (Å²) < 4.78 is 34.2. The fourth-order valence-electron chi connectivity index (χ4n) is 3.62. The minimum absolute atomic E-state index is 0.124. The number of carbonyl (C=O) groups is 1. The zero-order valence-electron chi connectivity index (χ0n) is 18.1. The molecule has 1 amide bonds. The Labute approximate surface area is 187 Å². The predicted molar refractivity (Wildman–Crippen MR) is 123 cm³/mol. The topological polar surface area (TPSA) is 92.0 Å². The second kappa shape index (κ2) is 8.63. The summed E-state index contributed by atoms with van der Waals surface area (Å²) in [5.41, 5.74) is 1.65. The van der Waals surface area contributed by atoms with Crippen molar-refractivity contribution in [3.05, 3.63) is 83.8 Å². The van der Waals surface area contributed by atoms with Gasteiger partial charge in [-0.15, -0.1) is 0 Å². The molecular weight excluding hydrogens is 426 g/mol. The van der Waals surface area contributed by atoms with Gasteiger partial charge in [-0.1, -0.05) is 50.2 Å². The number of amides is 1. The normalized spacial score (nSPS) is 16.3. The average Bonchev–Trinajstić information content (AvgIpc) is 3.40. The highest BCUT2D eigenvalue weighted by atomic mass is 32.2. The number of nitrogens with one attached hydrogen (secondary N) is 1. The third-order valence-electron chi connectivity index (χ3n) is 5.26. The fraction of sp³-hybridized carbons (Fsp3) is 0.250. The standard InChI is InChI=1S/C24H25N3O4S/c1-16(2)24(28)27-22(23-14-13-17(3)31-23)15-21(25-27)19-11-7-8-12-20(19)26-32(29,30)18-9-5-4-6-10-18/h4-14,16,22,26H,15H2,1-3H3. The molecule has 1 aromatic heterocycles. The molecule has 0 radical (unpaired) electrons. The lowest BCUT2D eigenvalue weighted by molar-refractivity contribution is -0.136. The van der Waals surface area contributed by atoms with Gasteiger partial charge in [0.05, 0.1) is 16.3 Å². The molecular formula is C24H25N3O4S. The van der Waals surface area contributed by atoms with Gasteiger partial charge in [0.15, 0.2) is 0 Å². The summed E-state index contributed by atoms with van der Waals surface area (Å²) in [6, 6.07) is 18.6. The first-order valence-corrected chi connectivity index (χ1v) is 11.9. The van der Waals surface area contributed by atoms with E-state index in [0.29, 0.717) is 29.1 Å². The van der Waals surface area contributed by atoms with Crippen molar-refractivity contribution in [2.75, 3.05) is 4.72 Å². The lowest BCUT2D eigenvalue weighted by atomic mass is 10.0. The number of hydrogen-bond donors (Lipinski definition) is 1. The van der Waals surface area contributed by atoms with E-state index in [1.807, 2.05) is 39.0 Å². The van der Waals surface area contributed by atoms with Crippen LogP contribution in [0.4, 0.5) is 5.69 Å². The van der Waals surface area contributed by atoms with Gasteiger partial charge in [0.25, 0.3) is 10.0 Å². The van der Waals surface area contributed by atoms with Crippen molar-refractivity contribution >= 4 is 27.3 Å². The highest BCUT2D eigenvalue weighted by Crippen LogP contribution is 2.36. The molecule has 1 aliphatic heterocycles. The van der Waals surface area contributed by atoms with Crippen LogP contribution in [0.3, 0.4) is 0 Å². The molecule has 2 heterocycles. The van der Waals surface area contributed by atoms with Crippen molar-refractivity contribution in [1.29, 1.82) is 0 Å². The predicted octanol–water partition coefficient (Wildman–Crippen LogP) is 4.72. The Bertz CT molecular complexity index is 1260. The van der Waals surface area contributed by atoms with Gasteiger partial charge in [-0.3, -0.25) is 9.52 Å². The van der Waals surface area contributed by atoms with E-state index in [1.165, 1.54) is 17.1 Å². The number of anilines is 1. The molecule has 1 aliphatic rings. The summed E-state index contributed by atoms with van der Waals surface area (Å²) in [5.74, 6) is 1.03. The van der Waals surface area contributed by atoms with Crippen LogP contribution in [0.5, 0.6) is 0 Å². The fourth-order valence-corrected chi connectivity index (χ4v) is 4.72. The zero-order valence-corrected chi connectivity index (χ0v) is 19.0. The summed E-state index contributed by atoms with van der Waals surface area (Å²) in [4.78, 5) is 13.0. The summed E-state index contributed by atoms with van der Waals surface area (Å²) in [6.45, 7) is 5.49. The van der Waals surface area contributed by atoms with Crippen LogP contribution >= 0.6 is 0 Å². The minimum Gasteiger partial charge on any atom is -0.464 e. The molecule has 0 fully saturated rings. The van der Waals surface area contributed by atoms with Crippen molar-refractivity contribution in [2.45, 2.75) is 38.1 Å². The maximum atomic E-state index is 12.9. The molecule has 2 aromatic carbocycles. The van der Waals surface area contributed by atoms with E-state index in [-0.39, 0.29) is 22.8 Å². The van der Waals surface area contributed by atoms with Gasteiger partial charge in [0.2, 0.25) is 5.91 Å². The molecule has 0 bridgehead atoms. The van der Waals surface area contributed by atoms with Crippen LogP contribution in [0.1, 0.15) is 43.4 Å². The molecule has 4 rings (SSSR count). The Morgan fingerprint density at radius 1 is 1.06 bits per heavy atom. The third-order valence-corrected chi connectivity index (χ3v) is 6.64. The molecule has 0 saturated carbocycles. The molecule has 7 nitrogen and oxygen atoms in total. The Morgan fingerprint density at radius 3 is 2.41 bits per heavy atom. The Hall–Kier alpha value is -3.39. The second-order valence-corrected chi connectivity index (χ2v) is 9.70. The number of hydrogen-bond acceptors (Lipinski definition) is 5. The molecule has 3 aromatic rings. The summed E-state index contributed by atoms with van der Waals surface area (Å²) in [6.07, 6.45) is 0.412. The molecule has 1 N–H and O–H groups in total. The first-order chi connectivity index (χ1) is 15.3. The number of nitrogens with zero attached hydrogens (tertiary/aromatic N) is 2. The van der Waals surface area contributed by atoms with E-state index in [0.717, 1.165) is 5.76 Å². The first-order valence-electron chi connectivity index (χ1n) is 10.4. The van der Waals surface area contributed by atoms with E-state index in [9.17, 15) is 13.2 Å². The van der Waals surface area contributed by atoms with E-state index in [1.54, 1.807) is 36.4 Å². The van der Waals surface area contributed by atoms with Crippen molar-refractivity contribution in [3.8, 4) is 0 Å². The van der Waals surface area contributed by atoms with Gasteiger partial charge in [-0.05, 0) is 37.3 Å². The Kier molecular flexibility index (Phi) is 5.88. The van der Waals surface area contributed by atoms with Gasteiger partial charge < -0.3 is 4.42 Å². The van der Waals surface area contributed by atoms with Crippen LogP contribution in [0.25, 0.3) is 0 Å². The molecule has 1 unspecified atom stereocenters. The van der Waals surface area contributed by atoms with Crippen molar-refractivity contribution < 1.29 is 17.6 Å². The number of para-hydroxylation sites is 1. The highest BCUT2D eigenvalue weighted by molar-refractivity contribution is 7.92. The summed E-state index contributed by atoms with van der Waals surface area (Å²) in [7, 11) is -3.78. The van der Waals surface area contributed by atoms with Gasteiger partial charge in [-0.25, -0.2) is 13.4 Å². The molecule has 0 spiro atoms. The van der Waals surface area contributed by atoms with Crippen LogP contribution in [0.15, 0.2) is 81.1 Å². The van der Waals surface area contributed by atoms with Gasteiger partial charge >= 0.3 is 0 Å². The summed E-state index contributed by atoms with van der Waals surface area (Å²) >= 11 is 0. The SMILES string of the molecule is Cc1ccc(C2CC(c3ccccc3NS(=O)(=O)c3ccccc3)=NN2C(=O)C(C)C)o1. The molecule has 0 saturated heterocycles. The minimum atomic E-state index is -3.78. The Morgan fingerprint density at radius 2 is 1.75 bits per heavy atom. The molecule has 8 heteroatoms. The second-order valence-electron chi connectivity index (χ2n) is 8.02. The van der Waals surface area contributed by atoms with Gasteiger partial charge in [0.1, 0.15) is 17.6 Å². The monoisotopic (exact) mass is 451 g/mol. The maximum Gasteiger partial charge on any atom is 0.261 e. The zero-order chi connectivity index (χ0) is 22.9. The number of hydrazone groups is 1. The van der Waals surface area contributed by atoms with Gasteiger partial charge in [0, 0.05) is 17.9 Å². The van der Waals surface area contributed by atoms with Crippen molar-refractivity contribution in [1.82, 2.24) is 5.01 Å². The largest absolute Gasteiger partial charge is 0.464 e. The molecule has 0 aliphatic carbocycles. The average molecular weight is 452 g/mol. The lowest BCUT2D eigenvalue weighted by Gasteiger charge is -2.21. The van der Waals surface area contributed by atoms with Crippen molar-refractivity contribution in [2.24, 2.45) is 11.0 Å². The van der Waals surface area contributed by atoms with Crippen LogP contribution < -0.4 is 4.72 Å². The van der Waals surface area contributed by atoms with Crippen LogP contribution in [-0.2, 0) is 14.8 Å². The van der Waals surface area contributed by atoms with E-state index >= 15 is 0 Å². The maximum absolute atomic E-state index is 12.9.